The Morgan fingerprint density at radius 1 is 0.864 bits per heavy atom. The zero-order valence-electron chi connectivity index (χ0n) is 38.0. The number of amides is 3. The van der Waals surface area contributed by atoms with Crippen LogP contribution in [0.4, 0.5) is 26.0 Å². The van der Waals surface area contributed by atoms with E-state index in [1.807, 2.05) is 22.0 Å². The number of rotatable bonds is 15. The van der Waals surface area contributed by atoms with Crippen LogP contribution < -0.4 is 21.3 Å². The predicted octanol–water partition coefficient (Wildman–Crippen LogP) is 6.52. The summed E-state index contributed by atoms with van der Waals surface area (Å²) in [6, 6.07) is 1.70. The summed E-state index contributed by atoms with van der Waals surface area (Å²) in [5.74, 6) is 0.106. The maximum atomic E-state index is 15.1. The number of benzene rings is 1. The van der Waals surface area contributed by atoms with Gasteiger partial charge in [-0.3, -0.25) is 24.6 Å². The van der Waals surface area contributed by atoms with Gasteiger partial charge in [-0.1, -0.05) is 24.4 Å². The largest absolute Gasteiger partial charge is 0.383 e. The molecule has 4 N–H and O–H groups in total. The van der Waals surface area contributed by atoms with Crippen LogP contribution in [0.1, 0.15) is 121 Å². The maximum absolute atomic E-state index is 15.1. The van der Waals surface area contributed by atoms with Crippen molar-refractivity contribution in [1.82, 2.24) is 50.0 Å². The van der Waals surface area contributed by atoms with Gasteiger partial charge in [-0.25, -0.2) is 33.4 Å². The number of nitrogens with two attached hydrogens (primary N) is 1. The van der Waals surface area contributed by atoms with Crippen LogP contribution in [0.5, 0.6) is 0 Å². The third-order valence-corrected chi connectivity index (χ3v) is 13.4. The molecule has 350 valence electrons. The van der Waals surface area contributed by atoms with Crippen LogP contribution in [0.2, 0.25) is 0 Å². The molecule has 7 heterocycles. The van der Waals surface area contributed by atoms with Crippen molar-refractivity contribution in [3.63, 3.8) is 0 Å². The van der Waals surface area contributed by atoms with Gasteiger partial charge in [0.25, 0.3) is 0 Å². The van der Waals surface area contributed by atoms with Crippen molar-refractivity contribution in [1.29, 1.82) is 0 Å². The number of hydrogen-bond acceptors (Lipinski definition) is 14. The van der Waals surface area contributed by atoms with E-state index in [0.717, 1.165) is 81.2 Å². The minimum atomic E-state index is -0.719. The van der Waals surface area contributed by atoms with Gasteiger partial charge >= 0.3 is 0 Å². The highest BCUT2D eigenvalue weighted by molar-refractivity contribution is 6.02. The van der Waals surface area contributed by atoms with Crippen molar-refractivity contribution in [3.8, 4) is 22.8 Å². The normalized spacial score (nSPS) is 18.9. The van der Waals surface area contributed by atoms with E-state index in [9.17, 15) is 14.4 Å². The lowest BCUT2D eigenvalue weighted by atomic mass is 9.91. The van der Waals surface area contributed by atoms with Crippen molar-refractivity contribution in [3.05, 3.63) is 53.8 Å². The standard InChI is InChI=1S/C47H59F2N13O4/c1-47(2,3)62-45-38(43(50)53-27-54-45)39(57-62)40-37(42(66-58-40)29-10-11-29)44-51-25-30(26-52-44)28-14-17-60(18-15-28)36(64)9-7-5-4-6-8-16-59-19-21-61(22-20-59)41-32(48)23-31(24-33(41)49)55-34-12-13-35(63)56-46(34)65/h23-29,34,55H,4-22H2,1-3H3,(H2,50,53,54)(H,56,63,65)/t34-/m1/s1. The minimum absolute atomic E-state index is 0.0530. The van der Waals surface area contributed by atoms with Gasteiger partial charge in [-0.05, 0) is 95.9 Å². The van der Waals surface area contributed by atoms with Crippen molar-refractivity contribution < 1.29 is 27.7 Å². The molecule has 0 spiro atoms. The van der Waals surface area contributed by atoms with Crippen LogP contribution in [0, 0.1) is 11.6 Å². The number of nitrogens with one attached hydrogen (secondary N) is 2. The molecule has 5 aromatic rings. The molecule has 66 heavy (non-hydrogen) atoms. The highest BCUT2D eigenvalue weighted by Gasteiger charge is 2.37. The quantitative estimate of drug-likeness (QED) is 0.0756. The van der Waals surface area contributed by atoms with E-state index < -0.39 is 23.6 Å². The first-order valence-corrected chi connectivity index (χ1v) is 23.5. The topological polar surface area (TPSA) is 206 Å². The van der Waals surface area contributed by atoms with Gasteiger partial charge in [0.2, 0.25) is 17.7 Å². The maximum Gasteiger partial charge on any atom is 0.249 e. The third kappa shape index (κ3) is 9.71. The Labute approximate surface area is 382 Å². The minimum Gasteiger partial charge on any atom is -0.383 e. The number of likely N-dealkylation sites (tertiary alicyclic amines) is 1. The van der Waals surface area contributed by atoms with Crippen LogP contribution in [0.15, 0.2) is 35.4 Å². The summed E-state index contributed by atoms with van der Waals surface area (Å²) < 4.78 is 38.1. The summed E-state index contributed by atoms with van der Waals surface area (Å²) in [6.07, 6.45) is 15.0. The fourth-order valence-electron chi connectivity index (χ4n) is 9.53. The zero-order valence-corrected chi connectivity index (χ0v) is 38.0. The van der Waals surface area contributed by atoms with E-state index in [2.05, 4.69) is 51.4 Å². The zero-order chi connectivity index (χ0) is 46.1. The molecule has 3 amide bonds. The smallest absolute Gasteiger partial charge is 0.249 e. The summed E-state index contributed by atoms with van der Waals surface area (Å²) >= 11 is 0. The Hall–Kier alpha value is -6.11. The van der Waals surface area contributed by atoms with E-state index in [-0.39, 0.29) is 53.4 Å². The number of halogens is 2. The second-order valence-corrected chi connectivity index (χ2v) is 19.2. The van der Waals surface area contributed by atoms with E-state index >= 15 is 8.78 Å². The molecule has 0 unspecified atom stereocenters. The molecule has 1 aliphatic carbocycles. The summed E-state index contributed by atoms with van der Waals surface area (Å²) in [5, 5.41) is 15.2. The van der Waals surface area contributed by atoms with E-state index in [0.29, 0.717) is 79.8 Å². The summed E-state index contributed by atoms with van der Waals surface area (Å²) in [6.45, 7) is 10.9. The Kier molecular flexibility index (Phi) is 13.0. The van der Waals surface area contributed by atoms with E-state index in [1.54, 1.807) is 4.90 Å². The number of piperazine rings is 1. The first kappa shape index (κ1) is 45.1. The Morgan fingerprint density at radius 2 is 1.56 bits per heavy atom. The molecule has 1 aromatic carbocycles. The third-order valence-electron chi connectivity index (χ3n) is 13.4. The molecule has 1 saturated carbocycles. The second kappa shape index (κ2) is 19.0. The van der Waals surface area contributed by atoms with Crippen LogP contribution in [0.3, 0.4) is 0 Å². The number of imide groups is 1. The van der Waals surface area contributed by atoms with Gasteiger partial charge < -0.3 is 25.4 Å². The molecular formula is C47H59F2N13O4. The molecule has 17 nitrogen and oxygen atoms in total. The van der Waals surface area contributed by atoms with Gasteiger partial charge in [-0.2, -0.15) is 5.10 Å². The molecule has 1 atom stereocenters. The van der Waals surface area contributed by atoms with Gasteiger partial charge in [0.1, 0.15) is 35.3 Å². The lowest BCUT2D eigenvalue weighted by molar-refractivity contribution is -0.134. The highest BCUT2D eigenvalue weighted by Crippen LogP contribution is 2.48. The SMILES string of the molecule is CC(C)(C)n1nc(-c2noc(C3CC3)c2-c2ncc(C3CCN(C(=O)CCCCCCCN4CCN(c5c(F)cc(N[C@@H]6CCC(=O)NC6=O)cc5F)CC4)CC3)cn2)c2c(N)ncnc21. The molecule has 0 bridgehead atoms. The first-order chi connectivity index (χ1) is 31.8. The van der Waals surface area contributed by atoms with Gasteiger partial charge in [0, 0.05) is 76.1 Å². The molecule has 4 aromatic heterocycles. The summed E-state index contributed by atoms with van der Waals surface area (Å²) in [4.78, 5) is 61.3. The Morgan fingerprint density at radius 3 is 2.24 bits per heavy atom. The number of anilines is 3. The lowest BCUT2D eigenvalue weighted by Gasteiger charge is -2.36. The van der Waals surface area contributed by atoms with Crippen LogP contribution in [-0.2, 0) is 19.9 Å². The van der Waals surface area contributed by atoms with Gasteiger partial charge in [-0.15, -0.1) is 0 Å². The molecule has 0 radical (unpaired) electrons. The number of aromatic nitrogens is 7. The van der Waals surface area contributed by atoms with Gasteiger partial charge in [0.15, 0.2) is 28.9 Å². The number of carbonyl (C=O) groups excluding carboxylic acids is 3. The van der Waals surface area contributed by atoms with Crippen LogP contribution >= 0.6 is 0 Å². The fraction of sp³-hybridized carbons (Fsp3) is 0.553. The highest BCUT2D eigenvalue weighted by atomic mass is 19.1. The summed E-state index contributed by atoms with van der Waals surface area (Å²) in [7, 11) is 0. The van der Waals surface area contributed by atoms with E-state index in [4.69, 9.17) is 25.3 Å². The van der Waals surface area contributed by atoms with Crippen LogP contribution in [0.25, 0.3) is 33.8 Å². The molecule has 3 saturated heterocycles. The number of nitrogens with zero attached hydrogens (tertiary/aromatic N) is 10. The predicted molar refractivity (Wildman–Crippen MR) is 244 cm³/mol. The van der Waals surface area contributed by atoms with E-state index in [1.165, 1.54) is 18.5 Å². The molecule has 3 aliphatic heterocycles. The monoisotopic (exact) mass is 907 g/mol. The number of piperidine rings is 2. The molecule has 4 aliphatic rings. The van der Waals surface area contributed by atoms with Crippen LogP contribution in [-0.4, -0.2) is 114 Å². The number of fused-ring (bicyclic) bond motifs is 1. The Balaban J connectivity index is 0.693. The Bertz CT molecular complexity index is 2550. The molecule has 4 fully saturated rings. The van der Waals surface area contributed by atoms with Crippen molar-refractivity contribution in [2.45, 2.75) is 121 Å². The fourth-order valence-corrected chi connectivity index (χ4v) is 9.53. The lowest BCUT2D eigenvalue weighted by Crippen LogP contribution is -2.47. The average molecular weight is 908 g/mol. The number of unbranched alkanes of at least 4 members (excludes halogenated alkanes) is 4. The first-order valence-electron chi connectivity index (χ1n) is 23.5. The van der Waals surface area contributed by atoms with Crippen molar-refractivity contribution in [2.75, 3.05) is 61.8 Å². The summed E-state index contributed by atoms with van der Waals surface area (Å²) in [5.41, 5.74) is 9.62. The van der Waals surface area contributed by atoms with Crippen molar-refractivity contribution >= 4 is 45.9 Å². The molecular weight excluding hydrogens is 849 g/mol. The van der Waals surface area contributed by atoms with Gasteiger partial charge in [0.05, 0.1) is 16.5 Å². The van der Waals surface area contributed by atoms with Crippen molar-refractivity contribution in [2.24, 2.45) is 0 Å². The second-order valence-electron chi connectivity index (χ2n) is 19.2. The number of nitrogen functional groups attached to an aromatic ring is 1. The number of carbonyl (C=O) groups is 3. The molecule has 9 rings (SSSR count). The number of hydrogen-bond donors (Lipinski definition) is 3. The molecule has 19 heteroatoms. The average Bonchev–Trinajstić information content (AvgIpc) is 3.91.